The molecule has 0 radical (unpaired) electrons. The van der Waals surface area contributed by atoms with E-state index in [4.69, 9.17) is 14.6 Å². The van der Waals surface area contributed by atoms with E-state index in [2.05, 4.69) is 5.32 Å². The first kappa shape index (κ1) is 16.8. The Balaban J connectivity index is 2.31. The fourth-order valence-electron chi connectivity index (χ4n) is 2.37. The molecule has 0 atom stereocenters. The summed E-state index contributed by atoms with van der Waals surface area (Å²) < 4.78 is 10.8. The maximum Gasteiger partial charge on any atom is 0.304 e. The number of hydrogen-bond donors (Lipinski definition) is 2. The second-order valence-corrected chi connectivity index (χ2v) is 5.05. The molecule has 2 N–H and O–H groups in total. The number of carboxylic acid groups (broad SMARTS) is 1. The van der Waals surface area contributed by atoms with Gasteiger partial charge in [-0.25, -0.2) is 0 Å². The number of hydrogen-bond acceptors (Lipinski definition) is 4. The molecule has 0 amide bonds. The van der Waals surface area contributed by atoms with Crippen LogP contribution < -0.4 is 14.8 Å². The molecule has 23 heavy (non-hydrogen) atoms. The van der Waals surface area contributed by atoms with E-state index in [-0.39, 0.29) is 6.42 Å². The van der Waals surface area contributed by atoms with Crippen molar-refractivity contribution in [1.29, 1.82) is 0 Å². The van der Waals surface area contributed by atoms with Gasteiger partial charge in [0, 0.05) is 13.1 Å². The van der Waals surface area contributed by atoms with Crippen LogP contribution in [0.3, 0.4) is 0 Å². The summed E-state index contributed by atoms with van der Waals surface area (Å²) in [6.07, 6.45) is 0.0912. The molecule has 0 aliphatic rings. The van der Waals surface area contributed by atoms with E-state index in [1.54, 1.807) is 14.2 Å². The first-order chi connectivity index (χ1) is 11.2. The molecule has 5 nitrogen and oxygen atoms in total. The van der Waals surface area contributed by atoms with Crippen molar-refractivity contribution in [3.63, 3.8) is 0 Å². The van der Waals surface area contributed by atoms with Crippen molar-refractivity contribution in [3.8, 4) is 22.6 Å². The van der Waals surface area contributed by atoms with Crippen LogP contribution in [0.25, 0.3) is 11.1 Å². The third-order valence-corrected chi connectivity index (χ3v) is 3.53. The van der Waals surface area contributed by atoms with E-state index in [0.29, 0.717) is 24.6 Å². The molecule has 0 aromatic heterocycles. The van der Waals surface area contributed by atoms with Crippen molar-refractivity contribution in [1.82, 2.24) is 5.32 Å². The molecule has 122 valence electrons. The molecule has 0 unspecified atom stereocenters. The fourth-order valence-corrected chi connectivity index (χ4v) is 2.37. The SMILES string of the molecule is COc1cc(CNCCC(=O)O)c(-c2ccccc2)cc1OC. The molecule has 0 saturated carbocycles. The van der Waals surface area contributed by atoms with Gasteiger partial charge in [0.2, 0.25) is 0 Å². The Morgan fingerprint density at radius 1 is 1.09 bits per heavy atom. The monoisotopic (exact) mass is 315 g/mol. The number of benzene rings is 2. The number of aliphatic carboxylic acids is 1. The standard InChI is InChI=1S/C18H21NO4/c1-22-16-10-14(12-19-9-8-18(20)21)15(11-17(16)23-2)13-6-4-3-5-7-13/h3-7,10-11,19H,8-9,12H2,1-2H3,(H,20,21). The van der Waals surface area contributed by atoms with Gasteiger partial charge in [-0.2, -0.15) is 0 Å². The summed E-state index contributed by atoms with van der Waals surface area (Å²) in [5, 5.41) is 11.9. The molecule has 0 bridgehead atoms. The summed E-state index contributed by atoms with van der Waals surface area (Å²) >= 11 is 0. The summed E-state index contributed by atoms with van der Waals surface area (Å²) in [4.78, 5) is 10.6. The summed E-state index contributed by atoms with van der Waals surface area (Å²) in [6, 6.07) is 13.9. The first-order valence-electron chi connectivity index (χ1n) is 7.38. The molecule has 0 aliphatic heterocycles. The zero-order chi connectivity index (χ0) is 16.7. The largest absolute Gasteiger partial charge is 0.493 e. The van der Waals surface area contributed by atoms with Gasteiger partial charge in [-0.05, 0) is 28.8 Å². The highest BCUT2D eigenvalue weighted by atomic mass is 16.5. The summed E-state index contributed by atoms with van der Waals surface area (Å²) in [5.74, 6) is 0.510. The minimum absolute atomic E-state index is 0.0912. The van der Waals surface area contributed by atoms with Crippen LogP contribution in [0.15, 0.2) is 42.5 Å². The number of carboxylic acids is 1. The number of ether oxygens (including phenoxy) is 2. The van der Waals surface area contributed by atoms with Gasteiger partial charge in [-0.15, -0.1) is 0 Å². The van der Waals surface area contributed by atoms with Gasteiger partial charge in [0.15, 0.2) is 11.5 Å². The van der Waals surface area contributed by atoms with E-state index in [1.165, 1.54) is 0 Å². The average Bonchev–Trinajstić information content (AvgIpc) is 2.58. The second kappa shape index (κ2) is 8.19. The van der Waals surface area contributed by atoms with Gasteiger partial charge in [-0.3, -0.25) is 4.79 Å². The van der Waals surface area contributed by atoms with E-state index >= 15 is 0 Å². The molecule has 0 heterocycles. The van der Waals surface area contributed by atoms with Crippen molar-refractivity contribution in [2.45, 2.75) is 13.0 Å². The Bertz CT molecular complexity index is 656. The smallest absolute Gasteiger partial charge is 0.304 e. The Morgan fingerprint density at radius 3 is 2.35 bits per heavy atom. The lowest BCUT2D eigenvalue weighted by molar-refractivity contribution is -0.136. The molecule has 2 rings (SSSR count). The lowest BCUT2D eigenvalue weighted by Gasteiger charge is -2.15. The molecular weight excluding hydrogens is 294 g/mol. The Labute approximate surface area is 135 Å². The first-order valence-corrected chi connectivity index (χ1v) is 7.38. The van der Waals surface area contributed by atoms with Crippen LogP contribution in [0.4, 0.5) is 0 Å². The van der Waals surface area contributed by atoms with Crippen LogP contribution in [0.1, 0.15) is 12.0 Å². The van der Waals surface area contributed by atoms with Crippen molar-refractivity contribution in [3.05, 3.63) is 48.0 Å². The lowest BCUT2D eigenvalue weighted by Crippen LogP contribution is -2.18. The normalized spacial score (nSPS) is 10.3. The summed E-state index contributed by atoms with van der Waals surface area (Å²) in [5.41, 5.74) is 3.13. The van der Waals surface area contributed by atoms with Gasteiger partial charge < -0.3 is 19.9 Å². The van der Waals surface area contributed by atoms with Crippen molar-refractivity contribution >= 4 is 5.97 Å². The number of nitrogens with one attached hydrogen (secondary N) is 1. The molecule has 5 heteroatoms. The van der Waals surface area contributed by atoms with Gasteiger partial charge in [0.05, 0.1) is 20.6 Å². The van der Waals surface area contributed by atoms with Crippen LogP contribution in [0, 0.1) is 0 Å². The van der Waals surface area contributed by atoms with Crippen LogP contribution in [0.2, 0.25) is 0 Å². The summed E-state index contributed by atoms with van der Waals surface area (Å²) in [6.45, 7) is 0.968. The highest BCUT2D eigenvalue weighted by Gasteiger charge is 2.12. The molecule has 0 saturated heterocycles. The zero-order valence-corrected chi connectivity index (χ0v) is 13.3. The maximum absolute atomic E-state index is 10.6. The molecule has 2 aromatic carbocycles. The van der Waals surface area contributed by atoms with Gasteiger partial charge in [-0.1, -0.05) is 30.3 Å². The topological polar surface area (TPSA) is 67.8 Å². The van der Waals surface area contributed by atoms with Crippen LogP contribution in [0.5, 0.6) is 11.5 Å². The molecule has 2 aromatic rings. The lowest BCUT2D eigenvalue weighted by atomic mass is 9.98. The van der Waals surface area contributed by atoms with Gasteiger partial charge in [0.1, 0.15) is 0 Å². The van der Waals surface area contributed by atoms with Crippen molar-refractivity contribution in [2.24, 2.45) is 0 Å². The number of carbonyl (C=O) groups is 1. The highest BCUT2D eigenvalue weighted by Crippen LogP contribution is 2.35. The fraction of sp³-hybridized carbons (Fsp3) is 0.278. The minimum Gasteiger partial charge on any atom is -0.493 e. The van der Waals surface area contributed by atoms with Crippen LogP contribution >= 0.6 is 0 Å². The predicted octanol–water partition coefficient (Wildman–Crippen LogP) is 2.94. The average molecular weight is 315 g/mol. The maximum atomic E-state index is 10.6. The van der Waals surface area contributed by atoms with Crippen LogP contribution in [-0.2, 0) is 11.3 Å². The number of rotatable bonds is 8. The van der Waals surface area contributed by atoms with E-state index < -0.39 is 5.97 Å². The van der Waals surface area contributed by atoms with Gasteiger partial charge in [0.25, 0.3) is 0 Å². The Kier molecular flexibility index (Phi) is 6.00. The molecule has 0 aliphatic carbocycles. The van der Waals surface area contributed by atoms with Crippen molar-refractivity contribution in [2.75, 3.05) is 20.8 Å². The minimum atomic E-state index is -0.812. The Hall–Kier alpha value is -2.53. The third-order valence-electron chi connectivity index (χ3n) is 3.53. The molecule has 0 fully saturated rings. The zero-order valence-electron chi connectivity index (χ0n) is 13.3. The predicted molar refractivity (Wildman–Crippen MR) is 88.9 cm³/mol. The van der Waals surface area contributed by atoms with E-state index in [9.17, 15) is 4.79 Å². The third kappa shape index (κ3) is 4.47. The molecule has 0 spiro atoms. The Morgan fingerprint density at radius 2 is 1.74 bits per heavy atom. The van der Waals surface area contributed by atoms with Crippen LogP contribution in [-0.4, -0.2) is 31.8 Å². The highest BCUT2D eigenvalue weighted by molar-refractivity contribution is 5.71. The van der Waals surface area contributed by atoms with E-state index in [1.807, 2.05) is 42.5 Å². The summed E-state index contributed by atoms with van der Waals surface area (Å²) in [7, 11) is 3.21. The number of methoxy groups -OCH3 is 2. The molecular formula is C18H21NO4. The van der Waals surface area contributed by atoms with Crippen molar-refractivity contribution < 1.29 is 19.4 Å². The second-order valence-electron chi connectivity index (χ2n) is 5.05. The van der Waals surface area contributed by atoms with E-state index in [0.717, 1.165) is 16.7 Å². The quantitative estimate of drug-likeness (QED) is 0.733. The van der Waals surface area contributed by atoms with Gasteiger partial charge >= 0.3 is 5.97 Å².